The molecule has 1 amide bonds. The number of hydrogen-bond acceptors (Lipinski definition) is 3. The molecule has 0 spiro atoms. The fourth-order valence-electron chi connectivity index (χ4n) is 2.71. The van der Waals surface area contributed by atoms with Crippen LogP contribution >= 0.6 is 0 Å². The number of amides is 1. The predicted molar refractivity (Wildman–Crippen MR) is 75.6 cm³/mol. The Kier molecular flexibility index (Phi) is 4.91. The van der Waals surface area contributed by atoms with Crippen molar-refractivity contribution >= 4 is 5.91 Å². The largest absolute Gasteiger partial charge is 0.351 e. The van der Waals surface area contributed by atoms with Crippen LogP contribution in [0.1, 0.15) is 50.5 Å². The topological polar surface area (TPSA) is 45.2 Å². The van der Waals surface area contributed by atoms with Gasteiger partial charge in [-0.05, 0) is 44.5 Å². The molecule has 1 N–H and O–H groups in total. The van der Waals surface area contributed by atoms with Crippen LogP contribution in [0.5, 0.6) is 0 Å². The van der Waals surface area contributed by atoms with Gasteiger partial charge in [0.15, 0.2) is 0 Å². The molecule has 1 saturated heterocycles. The molecule has 1 fully saturated rings. The minimum atomic E-state index is -0.0133. The molecule has 2 rings (SSSR count). The average molecular weight is 261 g/mol. The summed E-state index contributed by atoms with van der Waals surface area (Å²) < 4.78 is 0. The highest BCUT2D eigenvalue weighted by Gasteiger charge is 2.26. The summed E-state index contributed by atoms with van der Waals surface area (Å²) in [5.41, 5.74) is 2.09. The van der Waals surface area contributed by atoms with E-state index in [1.54, 1.807) is 0 Å². The van der Waals surface area contributed by atoms with Gasteiger partial charge in [0.05, 0.1) is 24.0 Å². The van der Waals surface area contributed by atoms with Crippen molar-refractivity contribution in [3.63, 3.8) is 0 Å². The molecule has 19 heavy (non-hydrogen) atoms. The standard InChI is InChI=1S/C15H23N3O/c1-3-9-18-10-5-8-15(18)14-7-4-6-13(17-14)11-16-12(2)19/h4,6-7,15H,3,5,8-11H2,1-2H3,(H,16,19)/t15-/m1/s1. The van der Waals surface area contributed by atoms with Gasteiger partial charge in [0.25, 0.3) is 0 Å². The quantitative estimate of drug-likeness (QED) is 0.884. The third-order valence-corrected chi connectivity index (χ3v) is 3.56. The Morgan fingerprint density at radius 1 is 1.53 bits per heavy atom. The van der Waals surface area contributed by atoms with E-state index in [0.29, 0.717) is 12.6 Å². The third kappa shape index (κ3) is 3.77. The molecule has 2 heterocycles. The summed E-state index contributed by atoms with van der Waals surface area (Å²) in [6, 6.07) is 6.58. The van der Waals surface area contributed by atoms with Gasteiger partial charge in [0.1, 0.15) is 0 Å². The molecule has 0 aliphatic carbocycles. The van der Waals surface area contributed by atoms with Gasteiger partial charge in [-0.25, -0.2) is 0 Å². The van der Waals surface area contributed by atoms with E-state index in [1.165, 1.54) is 32.7 Å². The lowest BCUT2D eigenvalue weighted by Gasteiger charge is -2.23. The number of rotatable bonds is 5. The number of likely N-dealkylation sites (tertiary alicyclic amines) is 1. The van der Waals surface area contributed by atoms with Crippen LogP contribution < -0.4 is 5.32 Å². The summed E-state index contributed by atoms with van der Waals surface area (Å²) >= 11 is 0. The summed E-state index contributed by atoms with van der Waals surface area (Å²) in [4.78, 5) is 18.2. The Bertz CT molecular complexity index is 433. The second kappa shape index (κ2) is 6.66. The van der Waals surface area contributed by atoms with Gasteiger partial charge < -0.3 is 5.32 Å². The van der Waals surface area contributed by atoms with Crippen molar-refractivity contribution in [2.24, 2.45) is 0 Å². The first kappa shape index (κ1) is 14.0. The Hall–Kier alpha value is -1.42. The Balaban J connectivity index is 2.07. The number of pyridine rings is 1. The number of nitrogens with one attached hydrogen (secondary N) is 1. The Morgan fingerprint density at radius 2 is 2.37 bits per heavy atom. The van der Waals surface area contributed by atoms with E-state index in [-0.39, 0.29) is 5.91 Å². The highest BCUT2D eigenvalue weighted by atomic mass is 16.1. The molecule has 4 heteroatoms. The molecule has 104 valence electrons. The van der Waals surface area contributed by atoms with E-state index in [4.69, 9.17) is 4.98 Å². The number of aromatic nitrogens is 1. The van der Waals surface area contributed by atoms with E-state index in [0.717, 1.165) is 17.9 Å². The Morgan fingerprint density at radius 3 is 3.11 bits per heavy atom. The van der Waals surface area contributed by atoms with Gasteiger partial charge in [-0.15, -0.1) is 0 Å². The van der Waals surface area contributed by atoms with Crippen molar-refractivity contribution in [3.05, 3.63) is 29.6 Å². The normalized spacial score (nSPS) is 19.6. The maximum atomic E-state index is 10.9. The number of nitrogens with zero attached hydrogens (tertiary/aromatic N) is 2. The van der Waals surface area contributed by atoms with Crippen LogP contribution in [0.3, 0.4) is 0 Å². The van der Waals surface area contributed by atoms with Gasteiger partial charge in [0, 0.05) is 6.92 Å². The van der Waals surface area contributed by atoms with Crippen LogP contribution in [0.25, 0.3) is 0 Å². The number of hydrogen-bond donors (Lipinski definition) is 1. The van der Waals surface area contributed by atoms with Crippen LogP contribution in [0.2, 0.25) is 0 Å². The molecule has 4 nitrogen and oxygen atoms in total. The van der Waals surface area contributed by atoms with Gasteiger partial charge in [-0.3, -0.25) is 14.7 Å². The molecule has 1 aliphatic rings. The van der Waals surface area contributed by atoms with E-state index in [2.05, 4.69) is 23.2 Å². The lowest BCUT2D eigenvalue weighted by atomic mass is 10.1. The molecule has 1 aromatic rings. The molecule has 1 aromatic heterocycles. The third-order valence-electron chi connectivity index (χ3n) is 3.56. The maximum Gasteiger partial charge on any atom is 0.217 e. The lowest BCUT2D eigenvalue weighted by Crippen LogP contribution is -2.25. The molecule has 0 saturated carbocycles. The Labute approximate surface area is 115 Å². The predicted octanol–water partition coefficient (Wildman–Crippen LogP) is 2.26. The zero-order valence-electron chi connectivity index (χ0n) is 11.9. The molecule has 0 unspecified atom stereocenters. The molecule has 0 bridgehead atoms. The number of carbonyl (C=O) groups is 1. The highest BCUT2D eigenvalue weighted by molar-refractivity contribution is 5.72. The van der Waals surface area contributed by atoms with Gasteiger partial charge in [-0.1, -0.05) is 13.0 Å². The van der Waals surface area contributed by atoms with E-state index < -0.39 is 0 Å². The van der Waals surface area contributed by atoms with E-state index >= 15 is 0 Å². The summed E-state index contributed by atoms with van der Waals surface area (Å²) in [6.45, 7) is 6.59. The first-order chi connectivity index (χ1) is 9.20. The second-order valence-corrected chi connectivity index (χ2v) is 5.16. The molecule has 1 aliphatic heterocycles. The SMILES string of the molecule is CCCN1CCC[C@@H]1c1cccc(CNC(C)=O)n1. The second-order valence-electron chi connectivity index (χ2n) is 5.16. The van der Waals surface area contributed by atoms with Crippen molar-refractivity contribution in [2.75, 3.05) is 13.1 Å². The van der Waals surface area contributed by atoms with Crippen molar-refractivity contribution in [3.8, 4) is 0 Å². The van der Waals surface area contributed by atoms with Crippen LogP contribution in [-0.4, -0.2) is 28.9 Å². The summed E-state index contributed by atoms with van der Waals surface area (Å²) in [5.74, 6) is -0.0133. The van der Waals surface area contributed by atoms with Gasteiger partial charge in [0.2, 0.25) is 5.91 Å². The van der Waals surface area contributed by atoms with Crippen LogP contribution in [0.15, 0.2) is 18.2 Å². The van der Waals surface area contributed by atoms with Crippen LogP contribution in [0, 0.1) is 0 Å². The minimum Gasteiger partial charge on any atom is -0.351 e. The van der Waals surface area contributed by atoms with Gasteiger partial charge in [-0.2, -0.15) is 0 Å². The van der Waals surface area contributed by atoms with E-state index in [1.807, 2.05) is 12.1 Å². The molecule has 1 atom stereocenters. The fraction of sp³-hybridized carbons (Fsp3) is 0.600. The van der Waals surface area contributed by atoms with Crippen LogP contribution in [0.4, 0.5) is 0 Å². The smallest absolute Gasteiger partial charge is 0.217 e. The van der Waals surface area contributed by atoms with Crippen molar-refractivity contribution in [1.82, 2.24) is 15.2 Å². The van der Waals surface area contributed by atoms with Gasteiger partial charge >= 0.3 is 0 Å². The zero-order valence-corrected chi connectivity index (χ0v) is 11.9. The van der Waals surface area contributed by atoms with Crippen molar-refractivity contribution < 1.29 is 4.79 Å². The highest BCUT2D eigenvalue weighted by Crippen LogP contribution is 2.30. The van der Waals surface area contributed by atoms with Crippen LogP contribution in [-0.2, 0) is 11.3 Å². The molecule has 0 aromatic carbocycles. The molecular formula is C15H23N3O. The lowest BCUT2D eigenvalue weighted by molar-refractivity contribution is -0.119. The molecule has 0 radical (unpaired) electrons. The summed E-state index contributed by atoms with van der Waals surface area (Å²) in [7, 11) is 0. The van der Waals surface area contributed by atoms with Crippen molar-refractivity contribution in [1.29, 1.82) is 0 Å². The van der Waals surface area contributed by atoms with Crippen molar-refractivity contribution in [2.45, 2.75) is 45.7 Å². The fourth-order valence-corrected chi connectivity index (χ4v) is 2.71. The maximum absolute atomic E-state index is 10.9. The number of carbonyl (C=O) groups excluding carboxylic acids is 1. The minimum absolute atomic E-state index is 0.0133. The summed E-state index contributed by atoms with van der Waals surface area (Å²) in [6.07, 6.45) is 3.63. The first-order valence-electron chi connectivity index (χ1n) is 7.15. The average Bonchev–Trinajstić information content (AvgIpc) is 2.85. The summed E-state index contributed by atoms with van der Waals surface area (Å²) in [5, 5.41) is 2.80. The molecular weight excluding hydrogens is 238 g/mol. The van der Waals surface area contributed by atoms with E-state index in [9.17, 15) is 4.79 Å². The zero-order chi connectivity index (χ0) is 13.7. The monoisotopic (exact) mass is 261 g/mol. The first-order valence-corrected chi connectivity index (χ1v) is 7.15.